The first-order valence-corrected chi connectivity index (χ1v) is 11.4. The predicted molar refractivity (Wildman–Crippen MR) is 137 cm³/mol. The second-order valence-corrected chi connectivity index (χ2v) is 8.64. The number of amides is 3. The normalized spacial score (nSPS) is 25.2. The molecule has 3 amide bonds. The maximum Gasteiger partial charge on any atom is 0.251 e. The van der Waals surface area contributed by atoms with Crippen molar-refractivity contribution in [2.75, 3.05) is 26.7 Å². The van der Waals surface area contributed by atoms with Gasteiger partial charge in [0.1, 0.15) is 0 Å². The number of allylic oxidation sites excluding steroid dienone is 2. The summed E-state index contributed by atoms with van der Waals surface area (Å²) in [6.45, 7) is 3.92. The van der Waals surface area contributed by atoms with Crippen molar-refractivity contribution in [1.82, 2.24) is 20.9 Å². The molecule has 1 aromatic rings. The van der Waals surface area contributed by atoms with E-state index in [1.54, 1.807) is 13.1 Å². The minimum atomic E-state index is -0.156. The molecule has 1 aromatic carbocycles. The van der Waals surface area contributed by atoms with Crippen LogP contribution in [0.4, 0.5) is 0 Å². The topological polar surface area (TPSA) is 103 Å². The molecule has 3 N–H and O–H groups in total. The van der Waals surface area contributed by atoms with Gasteiger partial charge >= 0.3 is 0 Å². The highest BCUT2D eigenvalue weighted by Crippen LogP contribution is 2.52. The van der Waals surface area contributed by atoms with Crippen LogP contribution in [-0.2, 0) is 16.1 Å². The number of rotatable bonds is 8. The Kier molecular flexibility index (Phi) is 8.50. The van der Waals surface area contributed by atoms with Crippen molar-refractivity contribution in [2.45, 2.75) is 26.3 Å². The number of carbonyl (C=O) groups is 3. The standard InChI is InChI=1S/C24H31N5O3.HI/c1-3-9-26-21(30)18-6-4-5-15(12-18)14-28-24(25-2)27-10-11-29-22(31)19-16-7-8-17(13-16)20(19)23(29)32;/h4-8,12,16-17,19-20H,3,9-11,13-14H2,1-2H3,(H,26,30)(H2,25,27,28);1H. The Balaban J connectivity index is 0.00000306. The minimum absolute atomic E-state index is 0. The number of imide groups is 1. The quantitative estimate of drug-likeness (QED) is 0.147. The van der Waals surface area contributed by atoms with Crippen molar-refractivity contribution in [1.29, 1.82) is 0 Å². The van der Waals surface area contributed by atoms with Crippen LogP contribution in [0.15, 0.2) is 41.4 Å². The molecule has 9 heteroatoms. The summed E-state index contributed by atoms with van der Waals surface area (Å²) >= 11 is 0. The molecule has 0 radical (unpaired) electrons. The lowest BCUT2D eigenvalue weighted by Crippen LogP contribution is -2.43. The Morgan fingerprint density at radius 1 is 1.06 bits per heavy atom. The number of likely N-dealkylation sites (tertiary alicyclic amines) is 1. The molecule has 2 fully saturated rings. The molecule has 1 heterocycles. The van der Waals surface area contributed by atoms with Crippen molar-refractivity contribution in [3.05, 3.63) is 47.5 Å². The molecule has 4 rings (SSSR count). The number of guanidine groups is 1. The van der Waals surface area contributed by atoms with Crippen LogP contribution in [0.3, 0.4) is 0 Å². The summed E-state index contributed by atoms with van der Waals surface area (Å²) in [6, 6.07) is 7.45. The maximum atomic E-state index is 12.8. The minimum Gasteiger partial charge on any atom is -0.355 e. The molecule has 3 aliphatic rings. The number of aliphatic imine (C=N–C) groups is 1. The van der Waals surface area contributed by atoms with Gasteiger partial charge in [-0.25, -0.2) is 0 Å². The zero-order valence-electron chi connectivity index (χ0n) is 19.0. The zero-order valence-corrected chi connectivity index (χ0v) is 21.4. The summed E-state index contributed by atoms with van der Waals surface area (Å²) in [7, 11) is 1.67. The smallest absolute Gasteiger partial charge is 0.251 e. The molecule has 2 bridgehead atoms. The summed E-state index contributed by atoms with van der Waals surface area (Å²) < 4.78 is 0. The molecule has 4 atom stereocenters. The van der Waals surface area contributed by atoms with Crippen LogP contribution in [0.5, 0.6) is 0 Å². The van der Waals surface area contributed by atoms with Crippen LogP contribution < -0.4 is 16.0 Å². The summed E-state index contributed by atoms with van der Waals surface area (Å²) in [5.74, 6) is 0.590. The average molecular weight is 565 g/mol. The number of benzene rings is 1. The van der Waals surface area contributed by atoms with E-state index in [-0.39, 0.29) is 65.4 Å². The van der Waals surface area contributed by atoms with Crippen LogP contribution in [0, 0.1) is 23.7 Å². The van der Waals surface area contributed by atoms with Crippen molar-refractivity contribution < 1.29 is 14.4 Å². The summed E-state index contributed by atoms with van der Waals surface area (Å²) in [4.78, 5) is 43.3. The van der Waals surface area contributed by atoms with Gasteiger partial charge in [-0.15, -0.1) is 24.0 Å². The lowest BCUT2D eigenvalue weighted by molar-refractivity contribution is -0.140. The summed E-state index contributed by atoms with van der Waals surface area (Å²) in [6.07, 6.45) is 6.04. The highest BCUT2D eigenvalue weighted by molar-refractivity contribution is 14.0. The van der Waals surface area contributed by atoms with Gasteiger partial charge in [0.2, 0.25) is 11.8 Å². The molecule has 1 saturated carbocycles. The van der Waals surface area contributed by atoms with Gasteiger partial charge in [-0.3, -0.25) is 24.3 Å². The van der Waals surface area contributed by atoms with E-state index in [1.807, 2.05) is 25.1 Å². The van der Waals surface area contributed by atoms with Gasteiger partial charge < -0.3 is 16.0 Å². The van der Waals surface area contributed by atoms with E-state index in [9.17, 15) is 14.4 Å². The number of fused-ring (bicyclic) bond motifs is 5. The third-order valence-electron chi connectivity index (χ3n) is 6.60. The van der Waals surface area contributed by atoms with Crippen molar-refractivity contribution in [2.24, 2.45) is 28.7 Å². The Bertz CT molecular complexity index is 933. The van der Waals surface area contributed by atoms with Crippen molar-refractivity contribution in [3.63, 3.8) is 0 Å². The van der Waals surface area contributed by atoms with Gasteiger partial charge in [-0.05, 0) is 42.4 Å². The number of carbonyl (C=O) groups excluding carboxylic acids is 3. The van der Waals surface area contributed by atoms with Gasteiger partial charge in [0, 0.05) is 38.8 Å². The van der Waals surface area contributed by atoms with Crippen LogP contribution in [-0.4, -0.2) is 55.3 Å². The van der Waals surface area contributed by atoms with Gasteiger partial charge in [0.15, 0.2) is 5.96 Å². The first-order valence-electron chi connectivity index (χ1n) is 11.4. The highest BCUT2D eigenvalue weighted by atomic mass is 127. The Morgan fingerprint density at radius 2 is 1.76 bits per heavy atom. The number of nitrogens with zero attached hydrogens (tertiary/aromatic N) is 2. The van der Waals surface area contributed by atoms with E-state index in [1.165, 1.54) is 4.90 Å². The second kappa shape index (κ2) is 11.1. The molecule has 4 unspecified atom stereocenters. The van der Waals surface area contributed by atoms with Gasteiger partial charge in [0.25, 0.3) is 5.91 Å². The summed E-state index contributed by atoms with van der Waals surface area (Å²) in [5.41, 5.74) is 1.58. The lowest BCUT2D eigenvalue weighted by Gasteiger charge is -2.18. The number of hydrogen-bond donors (Lipinski definition) is 3. The Hall–Kier alpha value is -2.43. The first kappa shape index (κ1) is 25.2. The Morgan fingerprint density at radius 3 is 2.39 bits per heavy atom. The molecule has 0 aromatic heterocycles. The molecule has 33 heavy (non-hydrogen) atoms. The molecule has 1 saturated heterocycles. The van der Waals surface area contributed by atoms with E-state index in [0.29, 0.717) is 37.7 Å². The van der Waals surface area contributed by atoms with Gasteiger partial charge in [-0.2, -0.15) is 0 Å². The fourth-order valence-corrected chi connectivity index (χ4v) is 5.04. The zero-order chi connectivity index (χ0) is 22.7. The van der Waals surface area contributed by atoms with Crippen molar-refractivity contribution >= 4 is 47.7 Å². The molecule has 0 spiro atoms. The number of halogens is 1. The molecule has 1 aliphatic heterocycles. The fourth-order valence-electron chi connectivity index (χ4n) is 5.04. The van der Waals surface area contributed by atoms with E-state index in [2.05, 4.69) is 33.1 Å². The monoisotopic (exact) mass is 565 g/mol. The maximum absolute atomic E-state index is 12.8. The fraction of sp³-hybridized carbons (Fsp3) is 0.500. The van der Waals surface area contributed by atoms with Crippen LogP contribution in [0.1, 0.15) is 35.7 Å². The SMILES string of the molecule is CCCNC(=O)c1cccc(CNC(=NC)NCCN2C(=O)C3C4C=CC(C4)C3C2=O)c1.I. The van der Waals surface area contributed by atoms with Crippen LogP contribution in [0.25, 0.3) is 0 Å². The van der Waals surface area contributed by atoms with E-state index in [4.69, 9.17) is 0 Å². The molecule has 2 aliphatic carbocycles. The van der Waals surface area contributed by atoms with Gasteiger partial charge in [0.05, 0.1) is 11.8 Å². The van der Waals surface area contributed by atoms with Crippen LogP contribution >= 0.6 is 24.0 Å². The number of nitrogens with one attached hydrogen (secondary N) is 3. The first-order chi connectivity index (χ1) is 15.5. The van der Waals surface area contributed by atoms with Gasteiger partial charge in [-0.1, -0.05) is 31.2 Å². The predicted octanol–water partition coefficient (Wildman–Crippen LogP) is 1.92. The molecule has 8 nitrogen and oxygen atoms in total. The molecule has 178 valence electrons. The van der Waals surface area contributed by atoms with E-state index < -0.39 is 0 Å². The molecular weight excluding hydrogens is 533 g/mol. The highest BCUT2D eigenvalue weighted by Gasteiger charge is 2.58. The second-order valence-electron chi connectivity index (χ2n) is 8.64. The van der Waals surface area contributed by atoms with Crippen molar-refractivity contribution in [3.8, 4) is 0 Å². The van der Waals surface area contributed by atoms with E-state index >= 15 is 0 Å². The third kappa shape index (κ3) is 5.23. The largest absolute Gasteiger partial charge is 0.355 e. The lowest BCUT2D eigenvalue weighted by atomic mass is 9.85. The molecular formula is C24H32IN5O3. The third-order valence-corrected chi connectivity index (χ3v) is 6.60. The van der Waals surface area contributed by atoms with E-state index in [0.717, 1.165) is 18.4 Å². The summed E-state index contributed by atoms with van der Waals surface area (Å²) in [5, 5.41) is 9.27. The van der Waals surface area contributed by atoms with Crippen LogP contribution in [0.2, 0.25) is 0 Å². The average Bonchev–Trinajstić information content (AvgIpc) is 3.49. The number of hydrogen-bond acceptors (Lipinski definition) is 4. The Labute approximate surface area is 211 Å².